The van der Waals surface area contributed by atoms with Crippen LogP contribution in [0.5, 0.6) is 0 Å². The second-order valence-electron chi connectivity index (χ2n) is 2.81. The van der Waals surface area contributed by atoms with Crippen LogP contribution < -0.4 is 9.86 Å². The Bertz CT molecular complexity index is 431. The van der Waals surface area contributed by atoms with E-state index in [1.54, 1.807) is 6.07 Å². The van der Waals surface area contributed by atoms with Gasteiger partial charge in [-0.2, -0.15) is 8.42 Å². The Balaban J connectivity index is 3.01. The van der Waals surface area contributed by atoms with Crippen LogP contribution in [0.2, 0.25) is 0 Å². The third-order valence-corrected chi connectivity index (χ3v) is 2.20. The molecule has 0 radical (unpaired) electrons. The molecule has 0 spiro atoms. The molecule has 0 saturated carbocycles. The molecule has 6 heteroatoms. The van der Waals surface area contributed by atoms with Crippen molar-refractivity contribution in [3.63, 3.8) is 0 Å². The zero-order valence-electron chi connectivity index (χ0n) is 7.62. The fourth-order valence-corrected chi connectivity index (χ4v) is 1.49. The lowest BCUT2D eigenvalue weighted by Gasteiger charge is -2.05. The van der Waals surface area contributed by atoms with E-state index in [1.807, 2.05) is 11.6 Å². The van der Waals surface area contributed by atoms with Crippen LogP contribution in [-0.2, 0) is 16.6 Å². The minimum atomic E-state index is -3.91. The van der Waals surface area contributed by atoms with Crippen LogP contribution in [0.15, 0.2) is 18.2 Å². The first-order valence-electron chi connectivity index (χ1n) is 4.01. The Morgan fingerprint density at radius 3 is 2.57 bits per heavy atom. The van der Waals surface area contributed by atoms with Gasteiger partial charge in [-0.15, -0.1) is 0 Å². The molecular weight excluding hydrogens is 207 g/mol. The summed E-state index contributed by atoms with van der Waals surface area (Å²) in [6.45, 7) is 1.88. The number of nitrogens with one attached hydrogen (secondary N) is 1. The molecule has 0 amide bonds. The fraction of sp³-hybridized carbons (Fsp3) is 0.250. The quantitative estimate of drug-likeness (QED) is 0.794. The van der Waals surface area contributed by atoms with Crippen LogP contribution in [0, 0.1) is 5.82 Å². The first kappa shape index (κ1) is 10.9. The van der Waals surface area contributed by atoms with Gasteiger partial charge in [0.25, 0.3) is 10.2 Å². The van der Waals surface area contributed by atoms with E-state index in [9.17, 15) is 12.8 Å². The number of anilines is 1. The first-order valence-corrected chi connectivity index (χ1v) is 5.56. The minimum Gasteiger partial charge on any atom is -0.268 e. The van der Waals surface area contributed by atoms with Crippen molar-refractivity contribution < 1.29 is 12.8 Å². The Hall–Kier alpha value is -1.14. The highest BCUT2D eigenvalue weighted by atomic mass is 32.2. The van der Waals surface area contributed by atoms with Crippen LogP contribution in [0.3, 0.4) is 0 Å². The highest BCUT2D eigenvalue weighted by molar-refractivity contribution is 7.90. The average Bonchev–Trinajstić information content (AvgIpc) is 2.06. The zero-order valence-corrected chi connectivity index (χ0v) is 8.44. The maximum atomic E-state index is 13.2. The van der Waals surface area contributed by atoms with Crippen molar-refractivity contribution in [2.75, 3.05) is 4.72 Å². The Morgan fingerprint density at radius 1 is 1.50 bits per heavy atom. The lowest BCUT2D eigenvalue weighted by molar-refractivity contribution is 0.600. The van der Waals surface area contributed by atoms with Crippen molar-refractivity contribution in [3.8, 4) is 0 Å². The largest absolute Gasteiger partial charge is 0.296 e. The Labute approximate surface area is 82.1 Å². The van der Waals surface area contributed by atoms with Gasteiger partial charge in [-0.05, 0) is 24.1 Å². The molecule has 14 heavy (non-hydrogen) atoms. The van der Waals surface area contributed by atoms with Crippen molar-refractivity contribution in [2.24, 2.45) is 5.14 Å². The van der Waals surface area contributed by atoms with E-state index in [0.717, 1.165) is 5.56 Å². The van der Waals surface area contributed by atoms with Gasteiger partial charge in [0.1, 0.15) is 5.82 Å². The van der Waals surface area contributed by atoms with Gasteiger partial charge >= 0.3 is 0 Å². The summed E-state index contributed by atoms with van der Waals surface area (Å²) in [5.41, 5.74) is 0.659. The molecular formula is C8H11FN2O2S. The highest BCUT2D eigenvalue weighted by Crippen LogP contribution is 2.16. The van der Waals surface area contributed by atoms with Gasteiger partial charge in [-0.3, -0.25) is 4.72 Å². The monoisotopic (exact) mass is 218 g/mol. The summed E-state index contributed by atoms with van der Waals surface area (Å²) >= 11 is 0. The molecule has 0 saturated heterocycles. The Morgan fingerprint density at radius 2 is 2.14 bits per heavy atom. The topological polar surface area (TPSA) is 72.2 Å². The van der Waals surface area contributed by atoms with Crippen LogP contribution >= 0.6 is 0 Å². The van der Waals surface area contributed by atoms with Crippen LogP contribution in [-0.4, -0.2) is 8.42 Å². The predicted molar refractivity (Wildman–Crippen MR) is 52.5 cm³/mol. The van der Waals surface area contributed by atoms with E-state index in [-0.39, 0.29) is 5.69 Å². The van der Waals surface area contributed by atoms with Gasteiger partial charge in [0.15, 0.2) is 0 Å². The summed E-state index contributed by atoms with van der Waals surface area (Å²) in [6, 6.07) is 4.25. The number of hydrogen-bond acceptors (Lipinski definition) is 2. The van der Waals surface area contributed by atoms with Gasteiger partial charge < -0.3 is 0 Å². The average molecular weight is 218 g/mol. The molecule has 4 nitrogen and oxygen atoms in total. The lowest BCUT2D eigenvalue weighted by Crippen LogP contribution is -2.22. The molecule has 0 aliphatic carbocycles. The number of hydrogen-bond donors (Lipinski definition) is 2. The third kappa shape index (κ3) is 2.97. The van der Waals surface area contributed by atoms with Crippen molar-refractivity contribution in [3.05, 3.63) is 29.6 Å². The SMILES string of the molecule is CCc1ccc(NS(N)(=O)=O)c(F)c1. The van der Waals surface area contributed by atoms with Crippen LogP contribution in [0.1, 0.15) is 12.5 Å². The lowest BCUT2D eigenvalue weighted by atomic mass is 10.1. The molecule has 78 valence electrons. The standard InChI is InChI=1S/C8H11FN2O2S/c1-2-6-3-4-8(7(9)5-6)11-14(10,12)13/h3-5,11H,2H2,1H3,(H2,10,12,13). The smallest absolute Gasteiger partial charge is 0.268 e. The predicted octanol–water partition coefficient (Wildman–Crippen LogP) is 1.00. The van der Waals surface area contributed by atoms with Crippen molar-refractivity contribution in [1.82, 2.24) is 0 Å². The third-order valence-electron chi connectivity index (χ3n) is 1.69. The van der Waals surface area contributed by atoms with Gasteiger partial charge in [-0.1, -0.05) is 13.0 Å². The van der Waals surface area contributed by atoms with Crippen LogP contribution in [0.4, 0.5) is 10.1 Å². The molecule has 0 atom stereocenters. The molecule has 1 rings (SSSR count). The van der Waals surface area contributed by atoms with Gasteiger partial charge in [-0.25, -0.2) is 9.53 Å². The number of benzene rings is 1. The zero-order chi connectivity index (χ0) is 10.8. The molecule has 1 aromatic carbocycles. The number of rotatable bonds is 3. The van der Waals surface area contributed by atoms with Gasteiger partial charge in [0.05, 0.1) is 5.69 Å². The molecule has 0 bridgehead atoms. The van der Waals surface area contributed by atoms with Gasteiger partial charge in [0.2, 0.25) is 0 Å². The summed E-state index contributed by atoms with van der Waals surface area (Å²) in [6.07, 6.45) is 0.687. The molecule has 0 aliphatic rings. The van der Waals surface area contributed by atoms with E-state index in [4.69, 9.17) is 5.14 Å². The van der Waals surface area contributed by atoms with E-state index in [1.165, 1.54) is 12.1 Å². The normalized spacial score (nSPS) is 11.4. The summed E-state index contributed by atoms with van der Waals surface area (Å²) in [7, 11) is -3.91. The van der Waals surface area contributed by atoms with Crippen molar-refractivity contribution in [2.45, 2.75) is 13.3 Å². The fourth-order valence-electron chi connectivity index (χ4n) is 1.01. The number of aryl methyl sites for hydroxylation is 1. The maximum absolute atomic E-state index is 13.2. The van der Waals surface area contributed by atoms with E-state index in [2.05, 4.69) is 0 Å². The summed E-state index contributed by atoms with van der Waals surface area (Å²) in [4.78, 5) is 0. The van der Waals surface area contributed by atoms with E-state index < -0.39 is 16.0 Å². The van der Waals surface area contributed by atoms with Crippen molar-refractivity contribution >= 4 is 15.9 Å². The minimum absolute atomic E-state index is 0.135. The van der Waals surface area contributed by atoms with E-state index in [0.29, 0.717) is 6.42 Å². The molecule has 1 aromatic rings. The maximum Gasteiger partial charge on any atom is 0.296 e. The highest BCUT2D eigenvalue weighted by Gasteiger charge is 2.07. The number of nitrogens with two attached hydrogens (primary N) is 1. The molecule has 0 fully saturated rings. The van der Waals surface area contributed by atoms with Crippen LogP contribution in [0.25, 0.3) is 0 Å². The Kier molecular flexibility index (Phi) is 3.07. The molecule has 0 heterocycles. The molecule has 0 aliphatic heterocycles. The summed E-state index contributed by atoms with van der Waals surface area (Å²) in [5, 5.41) is 4.70. The van der Waals surface area contributed by atoms with Crippen molar-refractivity contribution in [1.29, 1.82) is 0 Å². The first-order chi connectivity index (χ1) is 6.42. The molecule has 3 N–H and O–H groups in total. The molecule has 0 unspecified atom stereocenters. The van der Waals surface area contributed by atoms with E-state index >= 15 is 0 Å². The number of halogens is 1. The second kappa shape index (κ2) is 3.93. The summed E-state index contributed by atoms with van der Waals surface area (Å²) < 4.78 is 36.3. The summed E-state index contributed by atoms with van der Waals surface area (Å²) in [5.74, 6) is -0.627. The second-order valence-corrected chi connectivity index (χ2v) is 4.11. The molecule has 0 aromatic heterocycles. The van der Waals surface area contributed by atoms with Gasteiger partial charge in [0, 0.05) is 0 Å².